The molecule has 0 radical (unpaired) electrons. The minimum Gasteiger partial charge on any atom is -0.387 e. The minimum atomic E-state index is -0.861. The van der Waals surface area contributed by atoms with Gasteiger partial charge in [-0.05, 0) is 44.8 Å². The third-order valence-electron chi connectivity index (χ3n) is 4.76. The van der Waals surface area contributed by atoms with Crippen LogP contribution < -0.4 is 0 Å². The number of epoxide rings is 1. The third kappa shape index (κ3) is 1.48. The Hall–Kier alpha value is -1.94. The fraction of sp³-hybridized carbons (Fsp3) is 0.222. The monoisotopic (exact) mass is 278 g/mol. The molecule has 104 valence electrons. The molecule has 1 aliphatic heterocycles. The first-order chi connectivity index (χ1) is 10.2. The van der Waals surface area contributed by atoms with Crippen LogP contribution in [0.5, 0.6) is 0 Å². The molecule has 1 saturated heterocycles. The molecule has 4 atom stereocenters. The molecule has 5 rings (SSSR count). The van der Waals surface area contributed by atoms with E-state index in [9.17, 15) is 10.2 Å². The summed E-state index contributed by atoms with van der Waals surface area (Å²) in [7, 11) is 0. The van der Waals surface area contributed by atoms with Gasteiger partial charge in [-0.15, -0.1) is 0 Å². The Morgan fingerprint density at radius 2 is 1.62 bits per heavy atom. The second kappa shape index (κ2) is 3.83. The van der Waals surface area contributed by atoms with Gasteiger partial charge in [0.25, 0.3) is 0 Å². The van der Waals surface area contributed by atoms with Gasteiger partial charge in [0.2, 0.25) is 0 Å². The number of aliphatic hydroxyl groups excluding tert-OH is 2. The van der Waals surface area contributed by atoms with Gasteiger partial charge in [-0.3, -0.25) is 0 Å². The molecular formula is C18H14O3. The lowest BCUT2D eigenvalue weighted by Crippen LogP contribution is -2.28. The Bertz CT molecular complexity index is 886. The third-order valence-corrected chi connectivity index (χ3v) is 4.76. The van der Waals surface area contributed by atoms with Crippen LogP contribution in [0.1, 0.15) is 23.3 Å². The van der Waals surface area contributed by atoms with Gasteiger partial charge in [0, 0.05) is 0 Å². The van der Waals surface area contributed by atoms with Gasteiger partial charge in [-0.2, -0.15) is 0 Å². The Kier molecular flexibility index (Phi) is 2.13. The van der Waals surface area contributed by atoms with E-state index in [0.717, 1.165) is 16.5 Å². The summed E-state index contributed by atoms with van der Waals surface area (Å²) < 4.78 is 5.54. The maximum atomic E-state index is 10.3. The van der Waals surface area contributed by atoms with E-state index >= 15 is 0 Å². The van der Waals surface area contributed by atoms with Crippen molar-refractivity contribution in [2.45, 2.75) is 24.4 Å². The number of aliphatic hydroxyl groups is 2. The van der Waals surface area contributed by atoms with Crippen LogP contribution in [0, 0.1) is 0 Å². The fourth-order valence-electron chi connectivity index (χ4n) is 3.59. The summed E-state index contributed by atoms with van der Waals surface area (Å²) in [5.74, 6) is 0. The number of benzene rings is 3. The minimum absolute atomic E-state index is 0.0678. The van der Waals surface area contributed by atoms with Gasteiger partial charge in [0.15, 0.2) is 0 Å². The molecular weight excluding hydrogens is 264 g/mol. The summed E-state index contributed by atoms with van der Waals surface area (Å²) >= 11 is 0. The van der Waals surface area contributed by atoms with Crippen LogP contribution in [0.4, 0.5) is 0 Å². The van der Waals surface area contributed by atoms with Crippen molar-refractivity contribution in [1.29, 1.82) is 0 Å². The molecule has 0 bridgehead atoms. The molecule has 1 aliphatic carbocycles. The number of hydrogen-bond acceptors (Lipinski definition) is 3. The maximum absolute atomic E-state index is 10.3. The lowest BCUT2D eigenvalue weighted by Gasteiger charge is -2.24. The van der Waals surface area contributed by atoms with Crippen molar-refractivity contribution in [3.05, 3.63) is 59.7 Å². The lowest BCUT2D eigenvalue weighted by atomic mass is 9.85. The van der Waals surface area contributed by atoms with E-state index in [4.69, 9.17) is 4.74 Å². The number of fused-ring (bicyclic) bond motifs is 6. The highest BCUT2D eigenvalue weighted by atomic mass is 16.6. The zero-order chi connectivity index (χ0) is 14.1. The Morgan fingerprint density at radius 1 is 0.810 bits per heavy atom. The summed E-state index contributed by atoms with van der Waals surface area (Å²) in [6, 6.07) is 16.5. The van der Waals surface area contributed by atoms with Crippen molar-refractivity contribution in [2.75, 3.05) is 0 Å². The molecule has 3 aromatic carbocycles. The molecule has 0 saturated carbocycles. The molecule has 3 nitrogen and oxygen atoms in total. The second-order valence-electron chi connectivity index (χ2n) is 5.95. The standard InChI is InChI=1S/C18H14O3/c19-15-13-7-10-6-5-9-3-1-2-4-11(9)12(10)8-14(13)17-18(21-17)16(15)20/h1-8,15-20H/t15-,16+,17-,18+/m1/s1. The number of ether oxygens (including phenoxy) is 1. The largest absolute Gasteiger partial charge is 0.387 e. The molecule has 0 unspecified atom stereocenters. The van der Waals surface area contributed by atoms with Crippen LogP contribution in [0.3, 0.4) is 0 Å². The van der Waals surface area contributed by atoms with E-state index in [1.165, 1.54) is 16.2 Å². The molecule has 2 N–H and O–H groups in total. The molecule has 1 heterocycles. The van der Waals surface area contributed by atoms with E-state index in [0.29, 0.717) is 0 Å². The zero-order valence-electron chi connectivity index (χ0n) is 11.2. The smallest absolute Gasteiger partial charge is 0.118 e. The predicted molar refractivity (Wildman–Crippen MR) is 80.0 cm³/mol. The molecule has 2 aliphatic rings. The van der Waals surface area contributed by atoms with Crippen LogP contribution in [0.25, 0.3) is 21.5 Å². The number of hydrogen-bond donors (Lipinski definition) is 2. The average Bonchev–Trinajstić information content (AvgIpc) is 3.32. The fourth-order valence-corrected chi connectivity index (χ4v) is 3.59. The molecule has 0 spiro atoms. The highest BCUT2D eigenvalue weighted by molar-refractivity contribution is 6.08. The van der Waals surface area contributed by atoms with Gasteiger partial charge >= 0.3 is 0 Å². The van der Waals surface area contributed by atoms with E-state index < -0.39 is 12.2 Å². The summed E-state index contributed by atoms with van der Waals surface area (Å²) in [5, 5.41) is 24.9. The first-order valence-corrected chi connectivity index (χ1v) is 7.21. The predicted octanol–water partition coefficient (Wildman–Crippen LogP) is 2.84. The van der Waals surface area contributed by atoms with E-state index in [-0.39, 0.29) is 12.2 Å². The Labute approximate surface area is 121 Å². The van der Waals surface area contributed by atoms with Gasteiger partial charge in [0.05, 0.1) is 0 Å². The highest BCUT2D eigenvalue weighted by Gasteiger charge is 2.53. The lowest BCUT2D eigenvalue weighted by molar-refractivity contribution is 0.0000732. The summed E-state index contributed by atoms with van der Waals surface area (Å²) in [6.45, 7) is 0. The SMILES string of the molecule is O[C@@H]1[C@@H]2O[C@@H]2c2cc3c(ccc4ccccc43)cc2[C@H]1O. The summed E-state index contributed by atoms with van der Waals surface area (Å²) in [5.41, 5.74) is 1.81. The highest BCUT2D eigenvalue weighted by Crippen LogP contribution is 2.51. The van der Waals surface area contributed by atoms with E-state index in [1.54, 1.807) is 0 Å². The van der Waals surface area contributed by atoms with Crippen LogP contribution in [-0.2, 0) is 4.74 Å². The second-order valence-corrected chi connectivity index (χ2v) is 5.95. The topological polar surface area (TPSA) is 53.0 Å². The average molecular weight is 278 g/mol. The van der Waals surface area contributed by atoms with Crippen molar-refractivity contribution in [3.8, 4) is 0 Å². The van der Waals surface area contributed by atoms with E-state index in [2.05, 4.69) is 30.3 Å². The first-order valence-electron chi connectivity index (χ1n) is 7.21. The zero-order valence-corrected chi connectivity index (χ0v) is 11.2. The van der Waals surface area contributed by atoms with Gasteiger partial charge in [-0.25, -0.2) is 0 Å². The Balaban J connectivity index is 1.86. The molecule has 21 heavy (non-hydrogen) atoms. The first kappa shape index (κ1) is 11.7. The van der Waals surface area contributed by atoms with Crippen molar-refractivity contribution in [1.82, 2.24) is 0 Å². The van der Waals surface area contributed by atoms with E-state index in [1.807, 2.05) is 18.2 Å². The Morgan fingerprint density at radius 3 is 2.52 bits per heavy atom. The molecule has 0 amide bonds. The quantitative estimate of drug-likeness (QED) is 0.491. The molecule has 0 aromatic heterocycles. The van der Waals surface area contributed by atoms with Gasteiger partial charge in [-0.1, -0.05) is 36.4 Å². The molecule has 1 fully saturated rings. The van der Waals surface area contributed by atoms with Crippen molar-refractivity contribution < 1.29 is 14.9 Å². The summed E-state index contributed by atoms with van der Waals surface area (Å²) in [6.07, 6.45) is -2.00. The number of rotatable bonds is 0. The van der Waals surface area contributed by atoms with Crippen molar-refractivity contribution in [3.63, 3.8) is 0 Å². The van der Waals surface area contributed by atoms with Crippen molar-refractivity contribution in [2.24, 2.45) is 0 Å². The normalized spacial score (nSPS) is 30.2. The van der Waals surface area contributed by atoms with Gasteiger partial charge < -0.3 is 14.9 Å². The van der Waals surface area contributed by atoms with Crippen LogP contribution >= 0.6 is 0 Å². The molecule has 3 aromatic rings. The summed E-state index contributed by atoms with van der Waals surface area (Å²) in [4.78, 5) is 0. The van der Waals surface area contributed by atoms with Crippen molar-refractivity contribution >= 4 is 21.5 Å². The molecule has 3 heteroatoms. The van der Waals surface area contributed by atoms with Crippen LogP contribution in [-0.4, -0.2) is 22.4 Å². The van der Waals surface area contributed by atoms with Gasteiger partial charge in [0.1, 0.15) is 24.4 Å². The van der Waals surface area contributed by atoms with Crippen LogP contribution in [0.15, 0.2) is 48.5 Å². The van der Waals surface area contributed by atoms with Crippen LogP contribution in [0.2, 0.25) is 0 Å². The maximum Gasteiger partial charge on any atom is 0.118 e.